The predicted octanol–water partition coefficient (Wildman–Crippen LogP) is 3.98. The molecule has 5 heteroatoms. The van der Waals surface area contributed by atoms with Gasteiger partial charge in [-0.1, -0.05) is 18.2 Å². The van der Waals surface area contributed by atoms with Crippen LogP contribution in [0.15, 0.2) is 41.8 Å². The van der Waals surface area contributed by atoms with Crippen molar-refractivity contribution in [2.24, 2.45) is 0 Å². The second-order valence-corrected chi connectivity index (χ2v) is 6.78. The van der Waals surface area contributed by atoms with Gasteiger partial charge in [-0.05, 0) is 60.1 Å². The molecule has 0 bridgehead atoms. The third-order valence-electron chi connectivity index (χ3n) is 3.16. The minimum absolute atomic E-state index is 0.0139. The van der Waals surface area contributed by atoms with Gasteiger partial charge in [-0.3, -0.25) is 9.69 Å². The number of anilines is 1. The molecule has 1 unspecified atom stereocenters. The Bertz CT molecular complexity index is 571. The van der Waals surface area contributed by atoms with Crippen LogP contribution in [-0.4, -0.2) is 24.4 Å². The number of rotatable bonds is 5. The highest BCUT2D eigenvalue weighted by atomic mass is 127. The van der Waals surface area contributed by atoms with Crippen LogP contribution in [-0.2, 0) is 4.79 Å². The van der Waals surface area contributed by atoms with Crippen molar-refractivity contribution in [3.63, 3.8) is 0 Å². The summed E-state index contributed by atoms with van der Waals surface area (Å²) >= 11 is 3.94. The number of benzene rings is 1. The van der Waals surface area contributed by atoms with E-state index in [-0.39, 0.29) is 11.9 Å². The quantitative estimate of drug-likeness (QED) is 0.771. The number of nitrogens with one attached hydrogen (secondary N) is 1. The van der Waals surface area contributed by atoms with E-state index in [4.69, 9.17) is 0 Å². The monoisotopic (exact) mass is 400 g/mol. The van der Waals surface area contributed by atoms with E-state index in [2.05, 4.69) is 51.2 Å². The molecule has 2 aromatic rings. The van der Waals surface area contributed by atoms with Gasteiger partial charge in [0, 0.05) is 14.5 Å². The van der Waals surface area contributed by atoms with Gasteiger partial charge in [0.2, 0.25) is 5.91 Å². The molecule has 2 rings (SSSR count). The summed E-state index contributed by atoms with van der Waals surface area (Å²) in [6.45, 7) is 2.50. The van der Waals surface area contributed by atoms with E-state index < -0.39 is 0 Å². The van der Waals surface area contributed by atoms with E-state index in [1.807, 2.05) is 37.4 Å². The van der Waals surface area contributed by atoms with Crippen molar-refractivity contribution in [3.05, 3.63) is 50.2 Å². The first kappa shape index (κ1) is 15.5. The van der Waals surface area contributed by atoms with Gasteiger partial charge in [0.25, 0.3) is 0 Å². The molecule has 1 heterocycles. The number of amides is 1. The minimum Gasteiger partial charge on any atom is -0.324 e. The molecule has 1 aromatic heterocycles. The molecule has 0 saturated heterocycles. The number of likely N-dealkylation sites (N-methyl/N-ethyl adjacent to an activating group) is 1. The van der Waals surface area contributed by atoms with Crippen molar-refractivity contribution in [3.8, 4) is 0 Å². The molecule has 0 fully saturated rings. The van der Waals surface area contributed by atoms with Gasteiger partial charge < -0.3 is 5.32 Å². The van der Waals surface area contributed by atoms with Crippen LogP contribution in [0.1, 0.15) is 17.8 Å². The number of hydrogen-bond donors (Lipinski definition) is 1. The highest BCUT2D eigenvalue weighted by Crippen LogP contribution is 2.23. The van der Waals surface area contributed by atoms with Crippen molar-refractivity contribution < 1.29 is 4.79 Å². The van der Waals surface area contributed by atoms with Crippen LogP contribution in [0.4, 0.5) is 5.69 Å². The predicted molar refractivity (Wildman–Crippen MR) is 93.2 cm³/mol. The third-order valence-corrected chi connectivity index (χ3v) is 5.14. The van der Waals surface area contributed by atoms with Crippen LogP contribution in [0, 0.1) is 3.57 Å². The lowest BCUT2D eigenvalue weighted by atomic mass is 10.2. The Morgan fingerprint density at radius 2 is 2.10 bits per heavy atom. The van der Waals surface area contributed by atoms with E-state index in [1.54, 1.807) is 11.3 Å². The molecule has 0 spiro atoms. The maximum atomic E-state index is 12.1. The highest BCUT2D eigenvalue weighted by Gasteiger charge is 2.16. The van der Waals surface area contributed by atoms with Crippen LogP contribution in [0.25, 0.3) is 0 Å². The normalized spacial score (nSPS) is 12.4. The molecule has 3 nitrogen and oxygen atoms in total. The Kier molecular flexibility index (Phi) is 5.56. The Labute approximate surface area is 137 Å². The average Bonchev–Trinajstić information content (AvgIpc) is 2.94. The van der Waals surface area contributed by atoms with Gasteiger partial charge in [-0.25, -0.2) is 0 Å². The van der Waals surface area contributed by atoms with Crippen LogP contribution in [0.3, 0.4) is 0 Å². The number of para-hydroxylation sites is 1. The lowest BCUT2D eigenvalue weighted by Gasteiger charge is -2.23. The zero-order chi connectivity index (χ0) is 14.5. The Morgan fingerprint density at radius 3 is 2.75 bits per heavy atom. The molecule has 0 aliphatic rings. The summed E-state index contributed by atoms with van der Waals surface area (Å²) in [6, 6.07) is 12.2. The molecule has 1 amide bonds. The minimum atomic E-state index is 0.0139. The van der Waals surface area contributed by atoms with Gasteiger partial charge >= 0.3 is 0 Å². The fourth-order valence-electron chi connectivity index (χ4n) is 1.86. The van der Waals surface area contributed by atoms with Crippen molar-refractivity contribution >= 4 is 45.5 Å². The summed E-state index contributed by atoms with van der Waals surface area (Å²) in [5.74, 6) is 0.0139. The highest BCUT2D eigenvalue weighted by molar-refractivity contribution is 14.1. The van der Waals surface area contributed by atoms with E-state index in [1.165, 1.54) is 4.88 Å². The largest absolute Gasteiger partial charge is 0.324 e. The van der Waals surface area contributed by atoms with Crippen molar-refractivity contribution in [2.45, 2.75) is 13.0 Å². The summed E-state index contributed by atoms with van der Waals surface area (Å²) in [7, 11) is 1.97. The molecule has 0 saturated carbocycles. The number of hydrogen-bond acceptors (Lipinski definition) is 3. The number of nitrogens with zero attached hydrogens (tertiary/aromatic N) is 1. The van der Waals surface area contributed by atoms with Gasteiger partial charge in [-0.2, -0.15) is 0 Å². The first-order valence-corrected chi connectivity index (χ1v) is 8.32. The smallest absolute Gasteiger partial charge is 0.238 e. The molecular formula is C15H17IN2OS. The van der Waals surface area contributed by atoms with E-state index in [0.29, 0.717) is 6.54 Å². The second-order valence-electron chi connectivity index (χ2n) is 4.63. The summed E-state index contributed by atoms with van der Waals surface area (Å²) in [4.78, 5) is 15.4. The maximum Gasteiger partial charge on any atom is 0.238 e. The summed E-state index contributed by atoms with van der Waals surface area (Å²) in [5.41, 5.74) is 0.871. The third kappa shape index (κ3) is 4.04. The lowest BCUT2D eigenvalue weighted by molar-refractivity contribution is -0.117. The van der Waals surface area contributed by atoms with Crippen LogP contribution in [0.5, 0.6) is 0 Å². The summed E-state index contributed by atoms with van der Waals surface area (Å²) in [5, 5.41) is 5.02. The SMILES string of the molecule is CC(c1cccs1)N(C)CC(=O)Nc1ccccc1I. The fraction of sp³-hybridized carbons (Fsp3) is 0.267. The second kappa shape index (κ2) is 7.19. The van der Waals surface area contributed by atoms with Crippen molar-refractivity contribution in [1.29, 1.82) is 0 Å². The van der Waals surface area contributed by atoms with Crippen LogP contribution >= 0.6 is 33.9 Å². The topological polar surface area (TPSA) is 32.3 Å². The first-order valence-electron chi connectivity index (χ1n) is 6.36. The summed E-state index contributed by atoms with van der Waals surface area (Å²) in [6.07, 6.45) is 0. The Balaban J connectivity index is 1.93. The Hall–Kier alpha value is -0.920. The van der Waals surface area contributed by atoms with E-state index in [9.17, 15) is 4.79 Å². The van der Waals surface area contributed by atoms with Crippen LogP contribution < -0.4 is 5.32 Å². The molecule has 1 atom stereocenters. The first-order chi connectivity index (χ1) is 9.58. The number of thiophene rings is 1. The van der Waals surface area contributed by atoms with Gasteiger partial charge in [0.05, 0.1) is 12.2 Å². The number of halogens is 1. The molecule has 1 N–H and O–H groups in total. The van der Waals surface area contributed by atoms with Crippen molar-refractivity contribution in [2.75, 3.05) is 18.9 Å². The fourth-order valence-corrected chi connectivity index (χ4v) is 3.23. The van der Waals surface area contributed by atoms with E-state index in [0.717, 1.165) is 9.26 Å². The van der Waals surface area contributed by atoms with Crippen molar-refractivity contribution in [1.82, 2.24) is 4.90 Å². The zero-order valence-electron chi connectivity index (χ0n) is 11.5. The standard InChI is InChI=1S/C15H17IN2OS/c1-11(14-8-5-9-20-14)18(2)10-15(19)17-13-7-4-3-6-12(13)16/h3-9,11H,10H2,1-2H3,(H,17,19). The Morgan fingerprint density at radius 1 is 1.35 bits per heavy atom. The molecule has 1 aromatic carbocycles. The molecule has 106 valence electrons. The van der Waals surface area contributed by atoms with Crippen LogP contribution in [0.2, 0.25) is 0 Å². The number of carbonyl (C=O) groups excluding carboxylic acids is 1. The lowest BCUT2D eigenvalue weighted by Crippen LogP contribution is -2.32. The van der Waals surface area contributed by atoms with Gasteiger partial charge in [-0.15, -0.1) is 11.3 Å². The molecular weight excluding hydrogens is 383 g/mol. The maximum absolute atomic E-state index is 12.1. The molecule has 0 radical (unpaired) electrons. The molecule has 0 aliphatic heterocycles. The van der Waals surface area contributed by atoms with Gasteiger partial charge in [0.15, 0.2) is 0 Å². The summed E-state index contributed by atoms with van der Waals surface area (Å²) < 4.78 is 1.05. The molecule has 0 aliphatic carbocycles. The number of carbonyl (C=O) groups is 1. The zero-order valence-corrected chi connectivity index (χ0v) is 14.4. The average molecular weight is 400 g/mol. The van der Waals surface area contributed by atoms with E-state index >= 15 is 0 Å². The van der Waals surface area contributed by atoms with Gasteiger partial charge in [0.1, 0.15) is 0 Å². The molecule has 20 heavy (non-hydrogen) atoms.